The summed E-state index contributed by atoms with van der Waals surface area (Å²) in [7, 11) is 1.72. The first-order valence-corrected chi connectivity index (χ1v) is 10.2. The summed E-state index contributed by atoms with van der Waals surface area (Å²) in [6.45, 7) is 0. The van der Waals surface area contributed by atoms with Crippen molar-refractivity contribution >= 4 is 29.3 Å². The van der Waals surface area contributed by atoms with Gasteiger partial charge in [0.15, 0.2) is 0 Å². The Bertz CT molecular complexity index is 768. The minimum Gasteiger partial charge on any atom is -0.349 e. The van der Waals surface area contributed by atoms with Crippen LogP contribution in [-0.2, 0) is 11.8 Å². The van der Waals surface area contributed by atoms with Gasteiger partial charge in [0.05, 0.1) is 5.75 Å². The molecule has 3 rings (SSSR count). The third kappa shape index (κ3) is 5.78. The van der Waals surface area contributed by atoms with Crippen LogP contribution in [0, 0.1) is 0 Å². The SMILES string of the molecule is Cn1nnnc1SCC(=O)Nc1ccc(C(=O)NC2CCCCCC2)cc1. The first-order chi connectivity index (χ1) is 13.1. The van der Waals surface area contributed by atoms with Crippen molar-refractivity contribution in [2.75, 3.05) is 11.1 Å². The van der Waals surface area contributed by atoms with Crippen molar-refractivity contribution in [3.63, 3.8) is 0 Å². The average molecular weight is 388 g/mol. The number of amides is 2. The molecule has 1 fully saturated rings. The maximum atomic E-state index is 12.4. The predicted molar refractivity (Wildman–Crippen MR) is 104 cm³/mol. The Labute approximate surface area is 162 Å². The maximum absolute atomic E-state index is 12.4. The van der Waals surface area contributed by atoms with Gasteiger partial charge in [-0.2, -0.15) is 0 Å². The number of thioether (sulfide) groups is 1. The van der Waals surface area contributed by atoms with Crippen molar-refractivity contribution in [1.82, 2.24) is 25.5 Å². The fraction of sp³-hybridized carbons (Fsp3) is 0.500. The highest BCUT2D eigenvalue weighted by Crippen LogP contribution is 2.18. The molecule has 0 unspecified atom stereocenters. The van der Waals surface area contributed by atoms with Crippen LogP contribution in [0.2, 0.25) is 0 Å². The lowest BCUT2D eigenvalue weighted by Crippen LogP contribution is -2.34. The zero-order valence-corrected chi connectivity index (χ0v) is 16.2. The second-order valence-corrected chi connectivity index (χ2v) is 7.60. The molecule has 1 aliphatic carbocycles. The summed E-state index contributed by atoms with van der Waals surface area (Å²) in [5.41, 5.74) is 1.26. The fourth-order valence-corrected chi connectivity index (χ4v) is 3.72. The minimum atomic E-state index is -0.154. The summed E-state index contributed by atoms with van der Waals surface area (Å²) >= 11 is 1.26. The number of hydrogen-bond donors (Lipinski definition) is 2. The molecule has 144 valence electrons. The monoisotopic (exact) mass is 388 g/mol. The molecule has 2 aromatic rings. The molecule has 1 aromatic heterocycles. The molecule has 0 bridgehead atoms. The maximum Gasteiger partial charge on any atom is 0.251 e. The largest absolute Gasteiger partial charge is 0.349 e. The van der Waals surface area contributed by atoms with Crippen LogP contribution in [0.4, 0.5) is 5.69 Å². The normalized spacial score (nSPS) is 15.1. The Morgan fingerprint density at radius 3 is 2.48 bits per heavy atom. The second-order valence-electron chi connectivity index (χ2n) is 6.66. The van der Waals surface area contributed by atoms with Gasteiger partial charge in [-0.25, -0.2) is 4.68 Å². The fourth-order valence-electron chi connectivity index (χ4n) is 3.07. The van der Waals surface area contributed by atoms with E-state index in [9.17, 15) is 9.59 Å². The van der Waals surface area contributed by atoms with Crippen LogP contribution < -0.4 is 10.6 Å². The number of carbonyl (C=O) groups excluding carboxylic acids is 2. The van der Waals surface area contributed by atoms with E-state index in [0.717, 1.165) is 12.8 Å². The molecule has 8 nitrogen and oxygen atoms in total. The van der Waals surface area contributed by atoms with Crippen molar-refractivity contribution in [2.45, 2.75) is 49.7 Å². The quantitative estimate of drug-likeness (QED) is 0.582. The first kappa shape index (κ1) is 19.3. The molecule has 2 amide bonds. The van der Waals surface area contributed by atoms with Crippen molar-refractivity contribution in [1.29, 1.82) is 0 Å². The number of nitrogens with one attached hydrogen (secondary N) is 2. The molecule has 0 spiro atoms. The zero-order valence-electron chi connectivity index (χ0n) is 15.4. The standard InChI is InChI=1S/C18H24N6O2S/c1-24-18(21-22-23-24)27-12-16(25)19-15-10-8-13(9-11-15)17(26)20-14-6-4-2-3-5-7-14/h8-11,14H,2-7,12H2,1H3,(H,19,25)(H,20,26). The Kier molecular flexibility index (Phi) is 6.80. The number of aromatic nitrogens is 4. The highest BCUT2D eigenvalue weighted by molar-refractivity contribution is 7.99. The van der Waals surface area contributed by atoms with E-state index in [1.807, 2.05) is 0 Å². The van der Waals surface area contributed by atoms with E-state index in [1.54, 1.807) is 31.3 Å². The lowest BCUT2D eigenvalue weighted by atomic mass is 10.1. The van der Waals surface area contributed by atoms with Crippen molar-refractivity contribution in [2.24, 2.45) is 7.05 Å². The molecule has 0 radical (unpaired) electrons. The molecule has 9 heteroatoms. The number of benzene rings is 1. The van der Waals surface area contributed by atoms with Gasteiger partial charge in [0.2, 0.25) is 11.1 Å². The van der Waals surface area contributed by atoms with Crippen LogP contribution in [0.25, 0.3) is 0 Å². The highest BCUT2D eigenvalue weighted by atomic mass is 32.2. The van der Waals surface area contributed by atoms with Gasteiger partial charge >= 0.3 is 0 Å². The van der Waals surface area contributed by atoms with Gasteiger partial charge in [0.25, 0.3) is 5.91 Å². The van der Waals surface area contributed by atoms with E-state index in [0.29, 0.717) is 16.4 Å². The highest BCUT2D eigenvalue weighted by Gasteiger charge is 2.16. The smallest absolute Gasteiger partial charge is 0.251 e. The Hall–Kier alpha value is -2.42. The van der Waals surface area contributed by atoms with Gasteiger partial charge in [-0.3, -0.25) is 9.59 Å². The van der Waals surface area contributed by atoms with Crippen LogP contribution in [0.3, 0.4) is 0 Å². The number of aryl methyl sites for hydroxylation is 1. The molecular weight excluding hydrogens is 364 g/mol. The van der Waals surface area contributed by atoms with Crippen LogP contribution in [0.1, 0.15) is 48.9 Å². The zero-order chi connectivity index (χ0) is 19.1. The van der Waals surface area contributed by atoms with Gasteiger partial charge in [-0.15, -0.1) is 5.10 Å². The molecule has 0 atom stereocenters. The second kappa shape index (κ2) is 9.50. The van der Waals surface area contributed by atoms with E-state index in [-0.39, 0.29) is 23.6 Å². The van der Waals surface area contributed by atoms with Gasteiger partial charge in [0, 0.05) is 24.3 Å². The van der Waals surface area contributed by atoms with Crippen LogP contribution in [0.15, 0.2) is 29.4 Å². The molecule has 27 heavy (non-hydrogen) atoms. The van der Waals surface area contributed by atoms with E-state index < -0.39 is 0 Å². The van der Waals surface area contributed by atoms with Gasteiger partial charge in [-0.05, 0) is 47.5 Å². The molecule has 0 aliphatic heterocycles. The van der Waals surface area contributed by atoms with Crippen LogP contribution in [0.5, 0.6) is 0 Å². The summed E-state index contributed by atoms with van der Waals surface area (Å²) in [5, 5.41) is 17.6. The molecule has 1 saturated carbocycles. The van der Waals surface area contributed by atoms with Gasteiger partial charge < -0.3 is 10.6 Å². The van der Waals surface area contributed by atoms with Crippen LogP contribution in [-0.4, -0.2) is 43.8 Å². The van der Waals surface area contributed by atoms with E-state index in [1.165, 1.54) is 42.1 Å². The lowest BCUT2D eigenvalue weighted by Gasteiger charge is -2.16. The number of rotatable bonds is 6. The number of anilines is 1. The van der Waals surface area contributed by atoms with Gasteiger partial charge in [0.1, 0.15) is 0 Å². The lowest BCUT2D eigenvalue weighted by molar-refractivity contribution is -0.113. The third-order valence-corrected chi connectivity index (χ3v) is 5.55. The molecule has 1 aliphatic rings. The Morgan fingerprint density at radius 1 is 1.15 bits per heavy atom. The summed E-state index contributed by atoms with van der Waals surface area (Å²) < 4.78 is 1.51. The van der Waals surface area contributed by atoms with Gasteiger partial charge in [-0.1, -0.05) is 37.4 Å². The Balaban J connectivity index is 1.48. The number of tetrazole rings is 1. The van der Waals surface area contributed by atoms with Crippen molar-refractivity contribution in [3.05, 3.63) is 29.8 Å². The summed E-state index contributed by atoms with van der Waals surface area (Å²) in [6, 6.07) is 7.23. The molecule has 1 heterocycles. The first-order valence-electron chi connectivity index (χ1n) is 9.18. The third-order valence-electron chi connectivity index (χ3n) is 4.53. The Morgan fingerprint density at radius 2 is 1.85 bits per heavy atom. The molecule has 0 saturated heterocycles. The average Bonchev–Trinajstić information content (AvgIpc) is 2.90. The predicted octanol–water partition coefficient (Wildman–Crippen LogP) is 2.39. The van der Waals surface area contributed by atoms with Crippen LogP contribution >= 0.6 is 11.8 Å². The molecular formula is C18H24N6O2S. The topological polar surface area (TPSA) is 102 Å². The van der Waals surface area contributed by atoms with E-state index in [2.05, 4.69) is 26.2 Å². The van der Waals surface area contributed by atoms with Crippen molar-refractivity contribution < 1.29 is 9.59 Å². The number of nitrogens with zero attached hydrogens (tertiary/aromatic N) is 4. The number of hydrogen-bond acceptors (Lipinski definition) is 6. The summed E-state index contributed by atoms with van der Waals surface area (Å²) in [4.78, 5) is 24.4. The van der Waals surface area contributed by atoms with E-state index >= 15 is 0 Å². The van der Waals surface area contributed by atoms with Crippen molar-refractivity contribution in [3.8, 4) is 0 Å². The number of carbonyl (C=O) groups is 2. The summed E-state index contributed by atoms with van der Waals surface area (Å²) in [6.07, 6.45) is 6.98. The summed E-state index contributed by atoms with van der Waals surface area (Å²) in [5.74, 6) is 0.00164. The molecule has 2 N–H and O–H groups in total. The van der Waals surface area contributed by atoms with E-state index in [4.69, 9.17) is 0 Å². The molecule has 1 aromatic carbocycles. The minimum absolute atomic E-state index is 0.0508.